The van der Waals surface area contributed by atoms with Gasteiger partial charge < -0.3 is 11.1 Å². The minimum absolute atomic E-state index is 0.281. The van der Waals surface area contributed by atoms with Gasteiger partial charge in [-0.15, -0.1) is 0 Å². The van der Waals surface area contributed by atoms with E-state index >= 15 is 0 Å². The van der Waals surface area contributed by atoms with Crippen LogP contribution in [0.4, 0.5) is 24.5 Å². The van der Waals surface area contributed by atoms with Crippen molar-refractivity contribution in [2.45, 2.75) is 0 Å². The Morgan fingerprint density at radius 1 is 1.10 bits per heavy atom. The molecule has 0 atom stereocenters. The number of hydrogen-bond donors (Lipinski definition) is 2. The largest absolute Gasteiger partial charge is 0.397 e. The molecule has 0 fully saturated rings. The number of rotatable bonds is 2. The van der Waals surface area contributed by atoms with Crippen molar-refractivity contribution in [2.24, 2.45) is 0 Å². The maximum absolute atomic E-state index is 13.6. The Hall–Kier alpha value is -2.02. The number of benzene rings is 2. The van der Waals surface area contributed by atoms with E-state index in [4.69, 9.17) is 5.73 Å². The predicted molar refractivity (Wildman–Crippen MR) is 72.8 cm³/mol. The molecule has 2 aromatic carbocycles. The third kappa shape index (κ3) is 2.93. The van der Waals surface area contributed by atoms with Crippen molar-refractivity contribution in [3.63, 3.8) is 0 Å². The Bertz CT molecular complexity index is 668. The molecule has 0 heterocycles. The molecule has 2 aromatic rings. The van der Waals surface area contributed by atoms with Crippen LogP contribution in [0.25, 0.3) is 0 Å². The third-order valence-electron chi connectivity index (χ3n) is 2.50. The fourth-order valence-corrected chi connectivity index (χ4v) is 1.91. The Morgan fingerprint density at radius 2 is 1.80 bits per heavy atom. The van der Waals surface area contributed by atoms with Crippen LogP contribution >= 0.6 is 15.9 Å². The lowest BCUT2D eigenvalue weighted by atomic mass is 10.2. The number of nitrogen functional groups attached to an aromatic ring is 1. The highest BCUT2D eigenvalue weighted by molar-refractivity contribution is 9.10. The highest BCUT2D eigenvalue weighted by atomic mass is 79.9. The summed E-state index contributed by atoms with van der Waals surface area (Å²) < 4.78 is 40.4. The molecule has 0 bridgehead atoms. The highest BCUT2D eigenvalue weighted by Crippen LogP contribution is 2.25. The summed E-state index contributed by atoms with van der Waals surface area (Å²) in [6.45, 7) is 0. The Balaban J connectivity index is 2.33. The lowest BCUT2D eigenvalue weighted by molar-refractivity contribution is 0.102. The van der Waals surface area contributed by atoms with Crippen LogP contribution in [0.2, 0.25) is 0 Å². The van der Waals surface area contributed by atoms with E-state index in [2.05, 4.69) is 21.2 Å². The van der Waals surface area contributed by atoms with Crippen molar-refractivity contribution in [2.75, 3.05) is 11.1 Å². The second-order valence-corrected chi connectivity index (χ2v) is 4.85. The molecule has 3 N–H and O–H groups in total. The van der Waals surface area contributed by atoms with Gasteiger partial charge in [0.1, 0.15) is 17.3 Å². The van der Waals surface area contributed by atoms with Crippen LogP contribution in [0, 0.1) is 17.5 Å². The number of nitrogens with two attached hydrogens (primary N) is 1. The molecular weight excluding hydrogens is 337 g/mol. The maximum atomic E-state index is 13.6. The molecule has 104 valence electrons. The number of carbonyl (C=O) groups is 1. The second kappa shape index (κ2) is 5.54. The Kier molecular flexibility index (Phi) is 3.99. The summed E-state index contributed by atoms with van der Waals surface area (Å²) in [4.78, 5) is 11.9. The van der Waals surface area contributed by atoms with Crippen molar-refractivity contribution in [1.82, 2.24) is 0 Å². The third-order valence-corrected chi connectivity index (χ3v) is 2.99. The summed E-state index contributed by atoms with van der Waals surface area (Å²) in [7, 11) is 0. The minimum Gasteiger partial charge on any atom is -0.397 e. The van der Waals surface area contributed by atoms with E-state index in [0.717, 1.165) is 12.1 Å². The van der Waals surface area contributed by atoms with Crippen molar-refractivity contribution >= 4 is 33.2 Å². The van der Waals surface area contributed by atoms with Crippen LogP contribution in [0.1, 0.15) is 10.4 Å². The van der Waals surface area contributed by atoms with E-state index in [1.165, 1.54) is 12.1 Å². The average Bonchev–Trinajstić information content (AvgIpc) is 2.33. The number of nitrogens with one attached hydrogen (secondary N) is 1. The van der Waals surface area contributed by atoms with E-state index in [0.29, 0.717) is 10.5 Å². The number of carbonyl (C=O) groups excluding carboxylic acids is 1. The molecule has 0 saturated heterocycles. The van der Waals surface area contributed by atoms with Crippen molar-refractivity contribution in [1.29, 1.82) is 0 Å². The quantitative estimate of drug-likeness (QED) is 0.816. The smallest absolute Gasteiger partial charge is 0.258 e. The number of amides is 1. The van der Waals surface area contributed by atoms with E-state index in [1.54, 1.807) is 0 Å². The first-order valence-electron chi connectivity index (χ1n) is 5.39. The summed E-state index contributed by atoms with van der Waals surface area (Å²) >= 11 is 3.05. The van der Waals surface area contributed by atoms with Crippen LogP contribution in [-0.2, 0) is 0 Å². The molecule has 2 rings (SSSR count). The fourth-order valence-electron chi connectivity index (χ4n) is 1.58. The van der Waals surface area contributed by atoms with E-state index < -0.39 is 29.0 Å². The van der Waals surface area contributed by atoms with Gasteiger partial charge in [-0.2, -0.15) is 0 Å². The zero-order chi connectivity index (χ0) is 14.9. The van der Waals surface area contributed by atoms with Crippen LogP contribution in [0.3, 0.4) is 0 Å². The van der Waals surface area contributed by atoms with Gasteiger partial charge in [0.25, 0.3) is 5.91 Å². The maximum Gasteiger partial charge on any atom is 0.258 e. The molecular formula is C13H8BrF3N2O. The average molecular weight is 345 g/mol. The molecule has 0 radical (unpaired) electrons. The molecule has 0 aliphatic rings. The number of anilines is 2. The molecule has 0 aliphatic heterocycles. The first-order valence-corrected chi connectivity index (χ1v) is 6.18. The van der Waals surface area contributed by atoms with Crippen molar-refractivity contribution in [3.8, 4) is 0 Å². The van der Waals surface area contributed by atoms with Crippen LogP contribution in [-0.4, -0.2) is 5.91 Å². The van der Waals surface area contributed by atoms with Crippen LogP contribution in [0.15, 0.2) is 34.8 Å². The molecule has 0 aromatic heterocycles. The lowest BCUT2D eigenvalue weighted by Gasteiger charge is -2.10. The van der Waals surface area contributed by atoms with Crippen LogP contribution in [0.5, 0.6) is 0 Å². The number of hydrogen-bond acceptors (Lipinski definition) is 2. The summed E-state index contributed by atoms with van der Waals surface area (Å²) in [5, 5.41) is 2.12. The van der Waals surface area contributed by atoms with E-state index in [1.807, 2.05) is 0 Å². The standard InChI is InChI=1S/C13H8BrF3N2O/c14-6-1-2-8(9(16)3-6)13(20)19-12-10(17)4-7(15)5-11(12)18/h1-5H,18H2,(H,19,20). The topological polar surface area (TPSA) is 55.1 Å². The van der Waals surface area contributed by atoms with Crippen molar-refractivity contribution in [3.05, 3.63) is 57.8 Å². The van der Waals surface area contributed by atoms with E-state index in [-0.39, 0.29) is 11.3 Å². The van der Waals surface area contributed by atoms with Gasteiger partial charge in [-0.1, -0.05) is 15.9 Å². The van der Waals surface area contributed by atoms with Gasteiger partial charge in [-0.3, -0.25) is 4.79 Å². The monoisotopic (exact) mass is 344 g/mol. The second-order valence-electron chi connectivity index (χ2n) is 3.93. The summed E-state index contributed by atoms with van der Waals surface area (Å²) in [5.74, 6) is -3.56. The van der Waals surface area contributed by atoms with Gasteiger partial charge in [0.2, 0.25) is 0 Å². The first kappa shape index (κ1) is 14.4. The molecule has 0 spiro atoms. The zero-order valence-electron chi connectivity index (χ0n) is 9.88. The van der Waals surface area contributed by atoms with Gasteiger partial charge in [0.15, 0.2) is 5.82 Å². The summed E-state index contributed by atoms with van der Waals surface area (Å²) in [6, 6.07) is 5.22. The predicted octanol–water partition coefficient (Wildman–Crippen LogP) is 3.70. The van der Waals surface area contributed by atoms with E-state index in [9.17, 15) is 18.0 Å². The summed E-state index contributed by atoms with van der Waals surface area (Å²) in [5.41, 5.74) is 4.46. The minimum atomic E-state index is -1.03. The van der Waals surface area contributed by atoms with Gasteiger partial charge >= 0.3 is 0 Å². The lowest BCUT2D eigenvalue weighted by Crippen LogP contribution is -2.16. The molecule has 0 aliphatic carbocycles. The first-order chi connectivity index (χ1) is 9.38. The normalized spacial score (nSPS) is 10.4. The summed E-state index contributed by atoms with van der Waals surface area (Å²) in [6.07, 6.45) is 0. The molecule has 3 nitrogen and oxygen atoms in total. The van der Waals surface area contributed by atoms with Gasteiger partial charge in [0.05, 0.1) is 11.3 Å². The van der Waals surface area contributed by atoms with Gasteiger partial charge in [0, 0.05) is 10.5 Å². The van der Waals surface area contributed by atoms with Crippen LogP contribution < -0.4 is 11.1 Å². The molecule has 0 saturated carbocycles. The van der Waals surface area contributed by atoms with Crippen molar-refractivity contribution < 1.29 is 18.0 Å². The van der Waals surface area contributed by atoms with Gasteiger partial charge in [-0.05, 0) is 24.3 Å². The fraction of sp³-hybridized carbons (Fsp3) is 0. The molecule has 20 heavy (non-hydrogen) atoms. The molecule has 1 amide bonds. The highest BCUT2D eigenvalue weighted by Gasteiger charge is 2.16. The molecule has 0 unspecified atom stereocenters. The SMILES string of the molecule is Nc1cc(F)cc(F)c1NC(=O)c1ccc(Br)cc1F. The number of halogens is 4. The Morgan fingerprint density at radius 3 is 2.40 bits per heavy atom. The van der Waals surface area contributed by atoms with Gasteiger partial charge in [-0.25, -0.2) is 13.2 Å². The molecule has 7 heteroatoms. The Labute approximate surface area is 120 Å². The zero-order valence-corrected chi connectivity index (χ0v) is 11.5.